The van der Waals surface area contributed by atoms with Crippen LogP contribution in [0.25, 0.3) is 0 Å². The number of carboxylic acid groups (broad SMARTS) is 1. The van der Waals surface area contributed by atoms with Gasteiger partial charge in [-0.1, -0.05) is 155 Å². The average molecular weight is 850 g/mol. The molecule has 0 aromatic rings. The number of nitrogens with zero attached hydrogens (tertiary/aromatic N) is 1. The molecule has 0 saturated carbocycles. The maximum absolute atomic E-state index is 12.7. The fourth-order valence-electron chi connectivity index (χ4n) is 5.47. The molecule has 0 aromatic heterocycles. The molecule has 0 aliphatic carbocycles. The van der Waals surface area contributed by atoms with Crippen molar-refractivity contribution >= 4 is 17.9 Å². The number of esters is 2. The molecule has 0 saturated heterocycles. The third kappa shape index (κ3) is 43.8. The number of aliphatic carboxylic acids is 1. The monoisotopic (exact) mass is 850 g/mol. The predicted octanol–water partition coefficient (Wildman–Crippen LogP) is 11.1. The molecule has 0 fully saturated rings. The molecule has 0 amide bonds. The highest BCUT2D eigenvalue weighted by atomic mass is 16.7. The van der Waals surface area contributed by atoms with Crippen molar-refractivity contribution in [2.24, 2.45) is 0 Å². The second-order valence-corrected chi connectivity index (χ2v) is 16.0. The quantitative estimate of drug-likeness (QED) is 0.0197. The van der Waals surface area contributed by atoms with Crippen LogP contribution in [0.3, 0.4) is 0 Å². The maximum Gasteiger partial charge on any atom is 0.306 e. The van der Waals surface area contributed by atoms with Gasteiger partial charge in [-0.2, -0.15) is 0 Å². The van der Waals surface area contributed by atoms with Gasteiger partial charge < -0.3 is 33.3 Å². The minimum Gasteiger partial charge on any atom is -0.545 e. The van der Waals surface area contributed by atoms with Gasteiger partial charge in [-0.25, -0.2) is 0 Å². The molecule has 0 rings (SSSR count). The van der Waals surface area contributed by atoms with Crippen molar-refractivity contribution in [3.63, 3.8) is 0 Å². The Hall–Kier alpha value is -4.05. The highest BCUT2D eigenvalue weighted by Crippen LogP contribution is 2.10. The van der Waals surface area contributed by atoms with Crippen molar-refractivity contribution in [1.29, 1.82) is 0 Å². The lowest BCUT2D eigenvalue weighted by molar-refractivity contribution is -0.870. The Labute approximate surface area is 371 Å². The number of rotatable bonds is 40. The zero-order valence-electron chi connectivity index (χ0n) is 38.7. The van der Waals surface area contributed by atoms with Crippen LogP contribution in [-0.4, -0.2) is 82.3 Å². The molecule has 0 spiro atoms. The van der Waals surface area contributed by atoms with E-state index in [0.717, 1.165) is 109 Å². The lowest BCUT2D eigenvalue weighted by Crippen LogP contribution is -2.44. The molecule has 0 bridgehead atoms. The van der Waals surface area contributed by atoms with Crippen LogP contribution in [0, 0.1) is 0 Å². The van der Waals surface area contributed by atoms with E-state index in [2.05, 4.69) is 123 Å². The second-order valence-electron chi connectivity index (χ2n) is 16.0. The van der Waals surface area contributed by atoms with Gasteiger partial charge in [0.15, 0.2) is 12.4 Å². The lowest BCUT2D eigenvalue weighted by atomic mass is 10.1. The van der Waals surface area contributed by atoms with Crippen LogP contribution < -0.4 is 5.11 Å². The molecule has 9 nitrogen and oxygen atoms in total. The Morgan fingerprint density at radius 2 is 0.934 bits per heavy atom. The first-order valence-corrected chi connectivity index (χ1v) is 23.0. The third-order valence-corrected chi connectivity index (χ3v) is 9.03. The van der Waals surface area contributed by atoms with Gasteiger partial charge in [-0.05, 0) is 83.5 Å². The van der Waals surface area contributed by atoms with E-state index in [-0.39, 0.29) is 38.6 Å². The topological polar surface area (TPSA) is 111 Å². The Morgan fingerprint density at radius 3 is 1.38 bits per heavy atom. The number of carbonyl (C=O) groups is 3. The number of hydrogen-bond acceptors (Lipinski definition) is 8. The zero-order chi connectivity index (χ0) is 44.9. The minimum atomic E-state index is -1.63. The summed E-state index contributed by atoms with van der Waals surface area (Å²) in [7, 11) is 5.87. The first-order valence-electron chi connectivity index (χ1n) is 23.0. The minimum absolute atomic E-state index is 0.135. The fraction of sp³-hybridized carbons (Fsp3) is 0.596. The van der Waals surface area contributed by atoms with Crippen molar-refractivity contribution in [3.8, 4) is 0 Å². The summed E-state index contributed by atoms with van der Waals surface area (Å²) in [4.78, 5) is 36.6. The molecule has 0 aliphatic rings. The van der Waals surface area contributed by atoms with Gasteiger partial charge in [0, 0.05) is 12.8 Å². The van der Waals surface area contributed by atoms with Crippen LogP contribution in [-0.2, 0) is 33.3 Å². The molecular weight excluding hydrogens is 767 g/mol. The van der Waals surface area contributed by atoms with Gasteiger partial charge in [-0.15, -0.1) is 0 Å². The van der Waals surface area contributed by atoms with E-state index in [1.165, 1.54) is 0 Å². The molecule has 9 heteroatoms. The maximum atomic E-state index is 12.7. The molecule has 344 valence electrons. The summed E-state index contributed by atoms with van der Waals surface area (Å²) in [5.74, 6) is -2.37. The van der Waals surface area contributed by atoms with Crippen LogP contribution in [0.2, 0.25) is 0 Å². The lowest BCUT2D eigenvalue weighted by Gasteiger charge is -2.26. The van der Waals surface area contributed by atoms with E-state index < -0.39 is 24.3 Å². The van der Waals surface area contributed by atoms with E-state index in [1.807, 2.05) is 21.1 Å². The Balaban J connectivity index is 4.26. The summed E-state index contributed by atoms with van der Waals surface area (Å²) in [5.41, 5.74) is 0. The molecule has 2 unspecified atom stereocenters. The van der Waals surface area contributed by atoms with Crippen molar-refractivity contribution in [1.82, 2.24) is 0 Å². The van der Waals surface area contributed by atoms with Gasteiger partial charge in [0.05, 0.1) is 40.3 Å². The van der Waals surface area contributed by atoms with E-state index in [1.54, 1.807) is 0 Å². The zero-order valence-corrected chi connectivity index (χ0v) is 38.7. The molecule has 0 N–H and O–H groups in total. The normalized spacial score (nSPS) is 13.9. The number of unbranched alkanes of at least 4 members (excludes halogenated alkanes) is 7. The molecule has 61 heavy (non-hydrogen) atoms. The Bertz CT molecular complexity index is 1360. The summed E-state index contributed by atoms with van der Waals surface area (Å²) >= 11 is 0. The number of likely N-dealkylation sites (N-methyl/N-ethyl adjacent to an activating group) is 1. The number of carbonyl (C=O) groups excluding carboxylic acids is 3. The first kappa shape index (κ1) is 57.0. The van der Waals surface area contributed by atoms with E-state index in [4.69, 9.17) is 18.9 Å². The van der Waals surface area contributed by atoms with Crippen LogP contribution in [0.1, 0.15) is 142 Å². The van der Waals surface area contributed by atoms with Crippen molar-refractivity contribution in [2.75, 3.05) is 47.5 Å². The molecule has 2 atom stereocenters. The highest BCUT2D eigenvalue weighted by molar-refractivity contribution is 5.70. The second kappa shape index (κ2) is 42.6. The number of ether oxygens (including phenoxy) is 4. The SMILES string of the molecule is CC/C=C\C/C=C\C/C=C\C/C=C\C/C=C\C/C=C\C/C=C\C/C=C\C/C=C\CCCCCC(=O)OC(COC(=O)CCCCCCC)COC(OCC[N+](C)(C)C)C(=O)[O-]. The highest BCUT2D eigenvalue weighted by Gasteiger charge is 2.21. The van der Waals surface area contributed by atoms with Crippen LogP contribution in [0.4, 0.5) is 0 Å². The van der Waals surface area contributed by atoms with Gasteiger partial charge in [0.2, 0.25) is 0 Å². The molecule has 0 radical (unpaired) electrons. The van der Waals surface area contributed by atoms with Gasteiger partial charge >= 0.3 is 11.9 Å². The average Bonchev–Trinajstić information content (AvgIpc) is 3.22. The van der Waals surface area contributed by atoms with Crippen molar-refractivity contribution < 1.29 is 42.9 Å². The van der Waals surface area contributed by atoms with Crippen LogP contribution in [0.5, 0.6) is 0 Å². The third-order valence-electron chi connectivity index (χ3n) is 9.03. The number of hydrogen-bond donors (Lipinski definition) is 0. The largest absolute Gasteiger partial charge is 0.545 e. The smallest absolute Gasteiger partial charge is 0.306 e. The molecule has 0 aromatic carbocycles. The van der Waals surface area contributed by atoms with Gasteiger partial charge in [-0.3, -0.25) is 9.59 Å². The first-order chi connectivity index (χ1) is 29.6. The summed E-state index contributed by atoms with van der Waals surface area (Å²) in [6.07, 6.45) is 54.7. The van der Waals surface area contributed by atoms with E-state index >= 15 is 0 Å². The predicted molar refractivity (Wildman–Crippen MR) is 250 cm³/mol. The summed E-state index contributed by atoms with van der Waals surface area (Å²) in [6, 6.07) is 0. The van der Waals surface area contributed by atoms with E-state index in [9.17, 15) is 19.5 Å². The van der Waals surface area contributed by atoms with Gasteiger partial charge in [0.1, 0.15) is 13.2 Å². The molecule has 0 heterocycles. The fourth-order valence-corrected chi connectivity index (χ4v) is 5.47. The van der Waals surface area contributed by atoms with Crippen LogP contribution in [0.15, 0.2) is 109 Å². The molecular formula is C52H83NO8. The number of allylic oxidation sites excluding steroid dienone is 18. The standard InChI is InChI=1S/C52H83NO8/c1-6-8-10-12-13-14-15-16-17-18-19-20-21-22-23-24-25-26-27-28-29-30-31-32-33-34-35-36-37-39-41-43-50(55)61-48(46-59-49(54)42-40-38-11-9-7-2)47-60-52(51(56)57)58-45-44-53(3,4)5/h8,10,13-14,16-17,19-20,22-23,25-26,28-29,31-32,34-35,48,52H,6-7,9,11-12,15,18,21,24,27,30,33,36-47H2,1-5H3/b10-8-,14-13-,17-16-,20-19-,23-22-,26-25-,29-28-,32-31-,35-34-. The van der Waals surface area contributed by atoms with Crippen molar-refractivity contribution in [3.05, 3.63) is 109 Å². The van der Waals surface area contributed by atoms with Gasteiger partial charge in [0.25, 0.3) is 0 Å². The molecule has 0 aliphatic heterocycles. The summed E-state index contributed by atoms with van der Waals surface area (Å²) in [6.45, 7) is 4.44. The summed E-state index contributed by atoms with van der Waals surface area (Å²) in [5, 5.41) is 11.6. The Morgan fingerprint density at radius 1 is 0.508 bits per heavy atom. The Kier molecular flexibility index (Phi) is 39.8. The van der Waals surface area contributed by atoms with E-state index in [0.29, 0.717) is 17.4 Å². The summed E-state index contributed by atoms with van der Waals surface area (Å²) < 4.78 is 22.3. The number of carboxylic acids is 1. The number of quaternary nitrogens is 1. The van der Waals surface area contributed by atoms with Crippen molar-refractivity contribution in [2.45, 2.75) is 155 Å². The van der Waals surface area contributed by atoms with Crippen LogP contribution >= 0.6 is 0 Å².